The SMILES string of the molecule is CC(C)c1ccc(C(=O)CC(C(=O)NC2CCCCC2)N2CCOCC2)cc1. The number of nitrogens with zero attached hydrogens (tertiary/aromatic N) is 1. The van der Waals surface area contributed by atoms with Crippen molar-refractivity contribution in [3.63, 3.8) is 0 Å². The van der Waals surface area contributed by atoms with E-state index in [9.17, 15) is 9.59 Å². The van der Waals surface area contributed by atoms with E-state index < -0.39 is 6.04 Å². The lowest BCUT2D eigenvalue weighted by molar-refractivity contribution is -0.129. The van der Waals surface area contributed by atoms with Gasteiger partial charge in [0.15, 0.2) is 5.78 Å². The maximum absolute atomic E-state index is 13.1. The van der Waals surface area contributed by atoms with Crippen LogP contribution >= 0.6 is 0 Å². The maximum Gasteiger partial charge on any atom is 0.238 e. The summed E-state index contributed by atoms with van der Waals surface area (Å²) in [6.45, 7) is 6.90. The summed E-state index contributed by atoms with van der Waals surface area (Å²) in [7, 11) is 0. The lowest BCUT2D eigenvalue weighted by atomic mass is 9.94. The minimum absolute atomic E-state index is 0.000880. The fraction of sp³-hybridized carbons (Fsp3) is 0.652. The fourth-order valence-electron chi connectivity index (χ4n) is 4.17. The molecule has 5 nitrogen and oxygen atoms in total. The molecule has 28 heavy (non-hydrogen) atoms. The van der Waals surface area contributed by atoms with Crippen molar-refractivity contribution in [2.24, 2.45) is 0 Å². The molecular weight excluding hydrogens is 352 g/mol. The molecule has 1 amide bonds. The number of rotatable bonds is 7. The van der Waals surface area contributed by atoms with Crippen molar-refractivity contribution in [3.05, 3.63) is 35.4 Å². The number of hydrogen-bond donors (Lipinski definition) is 1. The first-order valence-electron chi connectivity index (χ1n) is 10.8. The van der Waals surface area contributed by atoms with Crippen molar-refractivity contribution in [2.45, 2.75) is 70.4 Å². The van der Waals surface area contributed by atoms with Crippen LogP contribution in [0.15, 0.2) is 24.3 Å². The van der Waals surface area contributed by atoms with E-state index in [1.807, 2.05) is 24.3 Å². The molecule has 154 valence electrons. The van der Waals surface area contributed by atoms with Crippen LogP contribution < -0.4 is 5.32 Å². The number of nitrogens with one attached hydrogen (secondary N) is 1. The highest BCUT2D eigenvalue weighted by molar-refractivity contribution is 5.99. The molecule has 5 heteroatoms. The first-order chi connectivity index (χ1) is 13.5. The summed E-state index contributed by atoms with van der Waals surface area (Å²) in [4.78, 5) is 28.1. The highest BCUT2D eigenvalue weighted by atomic mass is 16.5. The second-order valence-electron chi connectivity index (χ2n) is 8.41. The van der Waals surface area contributed by atoms with E-state index in [4.69, 9.17) is 4.74 Å². The smallest absolute Gasteiger partial charge is 0.238 e. The van der Waals surface area contributed by atoms with E-state index in [-0.39, 0.29) is 24.2 Å². The average molecular weight is 387 g/mol. The number of carbonyl (C=O) groups excluding carboxylic acids is 2. The van der Waals surface area contributed by atoms with Gasteiger partial charge in [-0.3, -0.25) is 14.5 Å². The Labute approximate surface area is 168 Å². The number of hydrogen-bond acceptors (Lipinski definition) is 4. The van der Waals surface area contributed by atoms with Gasteiger partial charge in [0.05, 0.1) is 19.3 Å². The van der Waals surface area contributed by atoms with Crippen molar-refractivity contribution in [2.75, 3.05) is 26.3 Å². The van der Waals surface area contributed by atoms with E-state index in [0.29, 0.717) is 37.8 Å². The van der Waals surface area contributed by atoms with E-state index in [2.05, 4.69) is 24.1 Å². The summed E-state index contributed by atoms with van der Waals surface area (Å²) in [6, 6.07) is 7.67. The number of amides is 1. The van der Waals surface area contributed by atoms with Crippen LogP contribution in [0.5, 0.6) is 0 Å². The standard InChI is InChI=1S/C23H34N2O3/c1-17(2)18-8-10-19(11-9-18)22(26)16-21(25-12-14-28-15-13-25)23(27)24-20-6-4-3-5-7-20/h8-11,17,20-21H,3-7,12-16H2,1-2H3,(H,24,27). The predicted octanol–water partition coefficient (Wildman–Crippen LogP) is 3.53. The molecule has 1 aliphatic heterocycles. The second kappa shape index (κ2) is 10.2. The molecule has 0 spiro atoms. The quantitative estimate of drug-likeness (QED) is 0.729. The van der Waals surface area contributed by atoms with Crippen LogP contribution in [0, 0.1) is 0 Å². The molecule has 1 heterocycles. The van der Waals surface area contributed by atoms with Gasteiger partial charge in [-0.25, -0.2) is 0 Å². The zero-order valence-electron chi connectivity index (χ0n) is 17.3. The van der Waals surface area contributed by atoms with Crippen molar-refractivity contribution in [1.29, 1.82) is 0 Å². The third-order valence-electron chi connectivity index (χ3n) is 6.02. The first-order valence-corrected chi connectivity index (χ1v) is 10.8. The van der Waals surface area contributed by atoms with Crippen molar-refractivity contribution in [3.8, 4) is 0 Å². The minimum atomic E-state index is -0.414. The third-order valence-corrected chi connectivity index (χ3v) is 6.02. The van der Waals surface area contributed by atoms with Gasteiger partial charge in [0.2, 0.25) is 5.91 Å². The Morgan fingerprint density at radius 1 is 1.07 bits per heavy atom. The van der Waals surface area contributed by atoms with Gasteiger partial charge in [0.1, 0.15) is 0 Å². The van der Waals surface area contributed by atoms with Crippen LogP contribution in [0.2, 0.25) is 0 Å². The molecule has 2 aliphatic rings. The zero-order valence-corrected chi connectivity index (χ0v) is 17.3. The fourth-order valence-corrected chi connectivity index (χ4v) is 4.17. The van der Waals surface area contributed by atoms with Crippen molar-refractivity contribution < 1.29 is 14.3 Å². The molecule has 1 saturated carbocycles. The lowest BCUT2D eigenvalue weighted by Crippen LogP contribution is -2.53. The third kappa shape index (κ3) is 5.65. The van der Waals surface area contributed by atoms with Gasteiger partial charge in [-0.15, -0.1) is 0 Å². The molecule has 2 fully saturated rings. The van der Waals surface area contributed by atoms with Crippen LogP contribution in [0.4, 0.5) is 0 Å². The van der Waals surface area contributed by atoms with Gasteiger partial charge < -0.3 is 10.1 Å². The summed E-state index contributed by atoms with van der Waals surface area (Å²) < 4.78 is 5.45. The number of carbonyl (C=O) groups is 2. The van der Waals surface area contributed by atoms with Crippen LogP contribution in [0.3, 0.4) is 0 Å². The zero-order chi connectivity index (χ0) is 19.9. The van der Waals surface area contributed by atoms with E-state index >= 15 is 0 Å². The summed E-state index contributed by atoms with van der Waals surface area (Å²) >= 11 is 0. The molecule has 0 radical (unpaired) electrons. The lowest BCUT2D eigenvalue weighted by Gasteiger charge is -2.34. The van der Waals surface area contributed by atoms with Gasteiger partial charge >= 0.3 is 0 Å². The molecule has 1 N–H and O–H groups in total. The highest BCUT2D eigenvalue weighted by Crippen LogP contribution is 2.20. The Morgan fingerprint density at radius 2 is 1.71 bits per heavy atom. The molecule has 1 aliphatic carbocycles. The summed E-state index contributed by atoms with van der Waals surface area (Å²) in [5.41, 5.74) is 1.91. The van der Waals surface area contributed by atoms with E-state index in [0.717, 1.165) is 12.8 Å². The minimum Gasteiger partial charge on any atom is -0.379 e. The molecule has 3 rings (SSSR count). The Kier molecular flexibility index (Phi) is 7.63. The highest BCUT2D eigenvalue weighted by Gasteiger charge is 2.31. The van der Waals surface area contributed by atoms with Gasteiger partial charge in [0, 0.05) is 31.1 Å². The monoisotopic (exact) mass is 386 g/mol. The van der Waals surface area contributed by atoms with E-state index in [1.165, 1.54) is 24.8 Å². The Bertz CT molecular complexity index is 644. The molecule has 1 saturated heterocycles. The summed E-state index contributed by atoms with van der Waals surface area (Å²) in [6.07, 6.45) is 5.92. The first kappa shape index (κ1) is 21.0. The van der Waals surface area contributed by atoms with Crippen LogP contribution in [0.25, 0.3) is 0 Å². The Balaban J connectivity index is 1.68. The number of ketones is 1. The average Bonchev–Trinajstić information content (AvgIpc) is 2.73. The second-order valence-corrected chi connectivity index (χ2v) is 8.41. The van der Waals surface area contributed by atoms with Crippen LogP contribution in [-0.2, 0) is 9.53 Å². The molecule has 1 aromatic rings. The maximum atomic E-state index is 13.1. The number of ether oxygens (including phenoxy) is 1. The Hall–Kier alpha value is -1.72. The Morgan fingerprint density at radius 3 is 2.32 bits per heavy atom. The molecule has 0 bridgehead atoms. The topological polar surface area (TPSA) is 58.6 Å². The van der Waals surface area contributed by atoms with Gasteiger partial charge in [0.25, 0.3) is 0 Å². The number of benzene rings is 1. The number of morpholine rings is 1. The van der Waals surface area contributed by atoms with Crippen molar-refractivity contribution in [1.82, 2.24) is 10.2 Å². The molecule has 1 aromatic carbocycles. The molecular formula is C23H34N2O3. The summed E-state index contributed by atoms with van der Waals surface area (Å²) in [5, 5.41) is 3.22. The largest absolute Gasteiger partial charge is 0.379 e. The number of Topliss-reactive ketones (excluding diaryl/α,β-unsaturated/α-hetero) is 1. The molecule has 1 atom stereocenters. The van der Waals surface area contributed by atoms with Gasteiger partial charge in [-0.1, -0.05) is 57.4 Å². The van der Waals surface area contributed by atoms with Crippen LogP contribution in [-0.4, -0.2) is 55.0 Å². The summed E-state index contributed by atoms with van der Waals surface area (Å²) in [5.74, 6) is 0.470. The normalized spacial score (nSPS) is 20.1. The molecule has 1 unspecified atom stereocenters. The van der Waals surface area contributed by atoms with Gasteiger partial charge in [-0.05, 0) is 24.3 Å². The van der Waals surface area contributed by atoms with E-state index in [1.54, 1.807) is 0 Å². The van der Waals surface area contributed by atoms with Crippen LogP contribution in [0.1, 0.15) is 74.2 Å². The van der Waals surface area contributed by atoms with Gasteiger partial charge in [-0.2, -0.15) is 0 Å². The van der Waals surface area contributed by atoms with Crippen molar-refractivity contribution >= 4 is 11.7 Å². The molecule has 0 aromatic heterocycles. The predicted molar refractivity (Wildman–Crippen MR) is 111 cm³/mol.